The summed E-state index contributed by atoms with van der Waals surface area (Å²) in [7, 11) is 1.97. The Balaban J connectivity index is 1.82. The number of urea groups is 1. The number of nitrogens with one attached hydrogen (secondary N) is 1. The Bertz CT molecular complexity index is 807. The summed E-state index contributed by atoms with van der Waals surface area (Å²) in [6.45, 7) is 0. The van der Waals surface area contributed by atoms with E-state index in [1.807, 2.05) is 42.1 Å². The zero-order valence-electron chi connectivity index (χ0n) is 11.3. The van der Waals surface area contributed by atoms with Crippen LogP contribution in [0, 0.1) is 0 Å². The first-order valence-electron chi connectivity index (χ1n) is 6.52. The zero-order valence-corrected chi connectivity index (χ0v) is 11.3. The van der Waals surface area contributed by atoms with Crippen LogP contribution in [0.1, 0.15) is 0 Å². The number of benzene rings is 1. The van der Waals surface area contributed by atoms with Gasteiger partial charge in [0, 0.05) is 36.5 Å². The number of amides is 2. The van der Waals surface area contributed by atoms with E-state index in [9.17, 15) is 10.0 Å². The SMILES string of the molecule is Cn1ccc2cc(N3C(=O)NC4C3=NC=CN4O)ccc21. The van der Waals surface area contributed by atoms with Crippen LogP contribution in [0.3, 0.4) is 0 Å². The lowest BCUT2D eigenvalue weighted by atomic mass is 10.2. The van der Waals surface area contributed by atoms with Crippen LogP contribution >= 0.6 is 0 Å². The van der Waals surface area contributed by atoms with Gasteiger partial charge >= 0.3 is 6.03 Å². The smallest absolute Gasteiger partial charge is 0.329 e. The fourth-order valence-corrected chi connectivity index (χ4v) is 2.71. The molecule has 1 fully saturated rings. The van der Waals surface area contributed by atoms with Crippen LogP contribution in [0.25, 0.3) is 10.9 Å². The lowest BCUT2D eigenvalue weighted by Gasteiger charge is -2.23. The minimum Gasteiger partial charge on any atom is -0.351 e. The summed E-state index contributed by atoms with van der Waals surface area (Å²) >= 11 is 0. The lowest BCUT2D eigenvalue weighted by Crippen LogP contribution is -2.43. The Morgan fingerprint density at radius 3 is 3.05 bits per heavy atom. The molecule has 0 aliphatic carbocycles. The second-order valence-electron chi connectivity index (χ2n) is 5.02. The van der Waals surface area contributed by atoms with Crippen molar-refractivity contribution >= 4 is 28.5 Å². The summed E-state index contributed by atoms with van der Waals surface area (Å²) in [5.74, 6) is 0.459. The van der Waals surface area contributed by atoms with E-state index >= 15 is 0 Å². The van der Waals surface area contributed by atoms with E-state index in [0.717, 1.165) is 21.7 Å². The number of hydrogen-bond donors (Lipinski definition) is 2. The molecule has 21 heavy (non-hydrogen) atoms. The Morgan fingerprint density at radius 2 is 2.19 bits per heavy atom. The first-order chi connectivity index (χ1) is 10.1. The third-order valence-corrected chi connectivity index (χ3v) is 3.75. The van der Waals surface area contributed by atoms with Gasteiger partial charge in [0.05, 0.1) is 5.69 Å². The quantitative estimate of drug-likeness (QED) is 0.835. The maximum Gasteiger partial charge on any atom is 0.329 e. The number of rotatable bonds is 1. The normalized spacial score (nSPS) is 20.8. The number of aliphatic imine (C=N–C) groups is 1. The number of hydrogen-bond acceptors (Lipinski definition) is 4. The summed E-state index contributed by atoms with van der Waals surface area (Å²) in [6, 6.07) is 7.44. The number of aryl methyl sites for hydroxylation is 1. The molecular weight excluding hydrogens is 270 g/mol. The molecule has 2 N–H and O–H groups in total. The molecule has 1 aromatic heterocycles. The highest BCUT2D eigenvalue weighted by Crippen LogP contribution is 2.27. The molecule has 2 aromatic rings. The van der Waals surface area contributed by atoms with Crippen LogP contribution in [0.5, 0.6) is 0 Å². The number of anilines is 1. The predicted molar refractivity (Wildman–Crippen MR) is 77.9 cm³/mol. The molecule has 0 saturated carbocycles. The number of amidine groups is 1. The topological polar surface area (TPSA) is 73.1 Å². The highest BCUT2D eigenvalue weighted by atomic mass is 16.5. The van der Waals surface area contributed by atoms with E-state index in [2.05, 4.69) is 10.3 Å². The average molecular weight is 283 g/mol. The number of nitrogens with zero attached hydrogens (tertiary/aromatic N) is 4. The van der Waals surface area contributed by atoms with Crippen molar-refractivity contribution in [3.8, 4) is 0 Å². The summed E-state index contributed by atoms with van der Waals surface area (Å²) in [5.41, 5.74) is 1.81. The van der Waals surface area contributed by atoms with Gasteiger partial charge in [0.15, 0.2) is 12.0 Å². The first kappa shape index (κ1) is 12.0. The third kappa shape index (κ3) is 1.64. The van der Waals surface area contributed by atoms with E-state index < -0.39 is 6.17 Å². The monoisotopic (exact) mass is 283 g/mol. The van der Waals surface area contributed by atoms with E-state index in [0.29, 0.717) is 5.84 Å². The zero-order chi connectivity index (χ0) is 14.6. The highest BCUT2D eigenvalue weighted by molar-refractivity contribution is 6.24. The second-order valence-corrected chi connectivity index (χ2v) is 5.02. The maximum absolute atomic E-state index is 12.2. The van der Waals surface area contributed by atoms with E-state index in [4.69, 9.17) is 0 Å². The molecule has 4 rings (SSSR count). The van der Waals surface area contributed by atoms with Crippen molar-refractivity contribution in [1.29, 1.82) is 0 Å². The molecule has 7 nitrogen and oxygen atoms in total. The molecule has 7 heteroatoms. The molecule has 1 unspecified atom stereocenters. The van der Waals surface area contributed by atoms with Crippen LogP contribution < -0.4 is 10.2 Å². The fourth-order valence-electron chi connectivity index (χ4n) is 2.71. The van der Waals surface area contributed by atoms with Gasteiger partial charge in [0.25, 0.3) is 0 Å². The van der Waals surface area contributed by atoms with Crippen LogP contribution in [0.4, 0.5) is 10.5 Å². The number of hydroxylamine groups is 2. The molecule has 1 saturated heterocycles. The van der Waals surface area contributed by atoms with Gasteiger partial charge in [-0.2, -0.15) is 0 Å². The fraction of sp³-hybridized carbons (Fsp3) is 0.143. The van der Waals surface area contributed by atoms with E-state index in [-0.39, 0.29) is 6.03 Å². The van der Waals surface area contributed by atoms with Gasteiger partial charge in [-0.05, 0) is 24.3 Å². The molecule has 106 valence electrons. The number of carbonyl (C=O) groups excluding carboxylic acids is 1. The van der Waals surface area contributed by atoms with Crippen molar-refractivity contribution in [3.63, 3.8) is 0 Å². The van der Waals surface area contributed by atoms with Crippen LogP contribution in [-0.2, 0) is 7.05 Å². The minimum atomic E-state index is -0.644. The maximum atomic E-state index is 12.2. The molecule has 2 aliphatic rings. The van der Waals surface area contributed by atoms with Crippen LogP contribution in [0.15, 0.2) is 47.9 Å². The third-order valence-electron chi connectivity index (χ3n) is 3.75. The molecule has 0 bridgehead atoms. The van der Waals surface area contributed by atoms with Crippen molar-refractivity contribution in [1.82, 2.24) is 14.9 Å². The first-order valence-corrected chi connectivity index (χ1v) is 6.52. The molecule has 1 atom stereocenters. The van der Waals surface area contributed by atoms with Crippen molar-refractivity contribution in [2.24, 2.45) is 12.0 Å². The second kappa shape index (κ2) is 4.10. The van der Waals surface area contributed by atoms with Crippen molar-refractivity contribution in [2.45, 2.75) is 6.17 Å². The van der Waals surface area contributed by atoms with Gasteiger partial charge < -0.3 is 9.88 Å². The minimum absolute atomic E-state index is 0.309. The summed E-state index contributed by atoms with van der Waals surface area (Å²) in [4.78, 5) is 17.9. The predicted octanol–water partition coefficient (Wildman–Crippen LogP) is 1.61. The molecule has 0 spiro atoms. The van der Waals surface area contributed by atoms with Crippen molar-refractivity contribution in [3.05, 3.63) is 42.9 Å². The summed E-state index contributed by atoms with van der Waals surface area (Å²) in [6.07, 6.45) is 4.19. The summed E-state index contributed by atoms with van der Waals surface area (Å²) < 4.78 is 2.02. The lowest BCUT2D eigenvalue weighted by molar-refractivity contribution is -0.0633. The largest absolute Gasteiger partial charge is 0.351 e. The van der Waals surface area contributed by atoms with Gasteiger partial charge in [-0.25, -0.2) is 19.8 Å². The molecule has 2 amide bonds. The molecule has 1 aromatic carbocycles. The van der Waals surface area contributed by atoms with Crippen LogP contribution in [0.2, 0.25) is 0 Å². The average Bonchev–Trinajstić information content (AvgIpc) is 3.00. The van der Waals surface area contributed by atoms with Crippen molar-refractivity contribution < 1.29 is 10.0 Å². The number of fused-ring (bicyclic) bond motifs is 2. The van der Waals surface area contributed by atoms with Gasteiger partial charge in [-0.1, -0.05) is 0 Å². The van der Waals surface area contributed by atoms with Gasteiger partial charge in [0.2, 0.25) is 0 Å². The van der Waals surface area contributed by atoms with Gasteiger partial charge in [-0.3, -0.25) is 5.21 Å². The van der Waals surface area contributed by atoms with Gasteiger partial charge in [0.1, 0.15) is 0 Å². The number of carbonyl (C=O) groups is 1. The molecule has 0 radical (unpaired) electrons. The van der Waals surface area contributed by atoms with Gasteiger partial charge in [-0.15, -0.1) is 0 Å². The van der Waals surface area contributed by atoms with Crippen molar-refractivity contribution in [2.75, 3.05) is 4.90 Å². The number of aromatic nitrogens is 1. The summed E-state index contributed by atoms with van der Waals surface area (Å²) in [5, 5.41) is 14.4. The van der Waals surface area contributed by atoms with Crippen LogP contribution in [-0.4, -0.2) is 32.9 Å². The standard InChI is InChI=1S/C14H13N5O2/c1-17-6-4-9-8-10(2-3-11(9)17)19-12-13(16-14(19)20)18(21)7-5-15-12/h2-8,13,21H,1H3,(H,16,20). The van der Waals surface area contributed by atoms with E-state index in [1.165, 1.54) is 17.3 Å². The Labute approximate surface area is 120 Å². The molecular formula is C14H13N5O2. The van der Waals surface area contributed by atoms with E-state index in [1.54, 1.807) is 0 Å². The Hall–Kier alpha value is -2.80. The highest BCUT2D eigenvalue weighted by Gasteiger charge is 2.40. The molecule has 3 heterocycles. The Morgan fingerprint density at radius 1 is 1.33 bits per heavy atom. The molecule has 2 aliphatic heterocycles. The Kier molecular flexibility index (Phi) is 2.34.